The van der Waals surface area contributed by atoms with Crippen LogP contribution in [0.3, 0.4) is 0 Å². The van der Waals surface area contributed by atoms with Crippen LogP contribution in [0.4, 0.5) is 5.69 Å². The van der Waals surface area contributed by atoms with Crippen molar-refractivity contribution in [2.24, 2.45) is 0 Å². The van der Waals surface area contributed by atoms with Crippen LogP contribution in [-0.2, 0) is 0 Å². The van der Waals surface area contributed by atoms with Gasteiger partial charge in [-0.25, -0.2) is 0 Å². The monoisotopic (exact) mass is 266 g/mol. The van der Waals surface area contributed by atoms with Crippen LogP contribution in [0.25, 0.3) is 0 Å². The van der Waals surface area contributed by atoms with Crippen LogP contribution >= 0.6 is 11.6 Å². The SMILES string of the molecule is COc1cc(C(=O)Nc2cnoc2C)ccc1Cl. The first-order valence-electron chi connectivity index (χ1n) is 5.18. The maximum atomic E-state index is 12.0. The number of benzene rings is 1. The van der Waals surface area contributed by atoms with Gasteiger partial charge in [0.25, 0.3) is 5.91 Å². The van der Waals surface area contributed by atoms with Crippen LogP contribution < -0.4 is 10.1 Å². The van der Waals surface area contributed by atoms with E-state index in [9.17, 15) is 4.79 Å². The summed E-state index contributed by atoms with van der Waals surface area (Å²) in [6, 6.07) is 4.79. The first-order chi connectivity index (χ1) is 8.61. The van der Waals surface area contributed by atoms with Gasteiger partial charge in [0.15, 0.2) is 5.76 Å². The number of amides is 1. The molecule has 2 rings (SSSR count). The second-order valence-corrected chi connectivity index (χ2v) is 4.01. The number of nitrogens with zero attached hydrogens (tertiary/aromatic N) is 1. The molecule has 6 heteroatoms. The molecule has 0 aliphatic heterocycles. The summed E-state index contributed by atoms with van der Waals surface area (Å²) in [5.41, 5.74) is 0.978. The molecule has 1 aromatic carbocycles. The third kappa shape index (κ3) is 2.46. The molecular weight excluding hydrogens is 256 g/mol. The van der Waals surface area contributed by atoms with Gasteiger partial charge in [-0.05, 0) is 25.1 Å². The lowest BCUT2D eigenvalue weighted by Gasteiger charge is -2.06. The number of halogens is 1. The number of nitrogens with one attached hydrogen (secondary N) is 1. The zero-order valence-electron chi connectivity index (χ0n) is 9.86. The van der Waals surface area contributed by atoms with Crippen LogP contribution in [0, 0.1) is 6.92 Å². The lowest BCUT2D eigenvalue weighted by atomic mass is 10.2. The highest BCUT2D eigenvalue weighted by Gasteiger charge is 2.12. The van der Waals surface area contributed by atoms with Crippen molar-refractivity contribution < 1.29 is 14.1 Å². The fourth-order valence-electron chi connectivity index (χ4n) is 1.41. The molecule has 18 heavy (non-hydrogen) atoms. The Morgan fingerprint density at radius 3 is 2.89 bits per heavy atom. The van der Waals surface area contributed by atoms with E-state index in [0.29, 0.717) is 27.8 Å². The van der Waals surface area contributed by atoms with Gasteiger partial charge in [0, 0.05) is 5.56 Å². The lowest BCUT2D eigenvalue weighted by Crippen LogP contribution is -2.12. The molecular formula is C12H11ClN2O3. The molecule has 0 saturated heterocycles. The average molecular weight is 267 g/mol. The Kier molecular flexibility index (Phi) is 3.53. The van der Waals surface area contributed by atoms with Crippen molar-refractivity contribution in [3.8, 4) is 5.75 Å². The number of rotatable bonds is 3. The summed E-state index contributed by atoms with van der Waals surface area (Å²) in [4.78, 5) is 12.0. The minimum Gasteiger partial charge on any atom is -0.495 e. The Bertz CT molecular complexity index is 580. The molecule has 1 aromatic heterocycles. The second-order valence-electron chi connectivity index (χ2n) is 3.60. The van der Waals surface area contributed by atoms with Gasteiger partial charge in [-0.2, -0.15) is 0 Å². The molecule has 1 amide bonds. The van der Waals surface area contributed by atoms with Gasteiger partial charge in [-0.15, -0.1) is 0 Å². The predicted molar refractivity (Wildman–Crippen MR) is 67.2 cm³/mol. The molecule has 5 nitrogen and oxygen atoms in total. The number of hydrogen-bond donors (Lipinski definition) is 1. The smallest absolute Gasteiger partial charge is 0.255 e. The van der Waals surface area contributed by atoms with E-state index in [0.717, 1.165) is 0 Å². The molecule has 0 aliphatic rings. The van der Waals surface area contributed by atoms with Crippen LogP contribution in [0.2, 0.25) is 5.02 Å². The Morgan fingerprint density at radius 1 is 1.50 bits per heavy atom. The predicted octanol–water partition coefficient (Wildman–Crippen LogP) is 2.90. The highest BCUT2D eigenvalue weighted by molar-refractivity contribution is 6.32. The fourth-order valence-corrected chi connectivity index (χ4v) is 1.61. The van der Waals surface area contributed by atoms with Crippen molar-refractivity contribution in [2.45, 2.75) is 6.92 Å². The van der Waals surface area contributed by atoms with Crippen molar-refractivity contribution in [1.29, 1.82) is 0 Å². The normalized spacial score (nSPS) is 10.2. The van der Waals surface area contributed by atoms with Crippen LogP contribution in [0.15, 0.2) is 28.9 Å². The van der Waals surface area contributed by atoms with Gasteiger partial charge in [0.1, 0.15) is 11.4 Å². The summed E-state index contributed by atoms with van der Waals surface area (Å²) in [6.07, 6.45) is 1.44. The summed E-state index contributed by atoms with van der Waals surface area (Å²) in [6.45, 7) is 1.71. The number of hydrogen-bond acceptors (Lipinski definition) is 4. The summed E-state index contributed by atoms with van der Waals surface area (Å²) in [7, 11) is 1.49. The van der Waals surface area contributed by atoms with E-state index in [2.05, 4.69) is 10.5 Å². The van der Waals surface area contributed by atoms with E-state index >= 15 is 0 Å². The molecule has 0 spiro atoms. The maximum absolute atomic E-state index is 12.0. The van der Waals surface area contributed by atoms with E-state index in [4.69, 9.17) is 20.9 Å². The highest BCUT2D eigenvalue weighted by Crippen LogP contribution is 2.25. The molecule has 0 aliphatic carbocycles. The topological polar surface area (TPSA) is 64.4 Å². The number of aryl methyl sites for hydroxylation is 1. The van der Waals surface area contributed by atoms with Gasteiger partial charge in [-0.3, -0.25) is 4.79 Å². The Labute approximate surface area is 109 Å². The number of carbonyl (C=O) groups excluding carboxylic acids is 1. The minimum absolute atomic E-state index is 0.281. The molecule has 2 aromatic rings. The molecule has 0 unspecified atom stereocenters. The number of methoxy groups -OCH3 is 1. The summed E-state index contributed by atoms with van der Waals surface area (Å²) >= 11 is 5.89. The van der Waals surface area contributed by atoms with E-state index < -0.39 is 0 Å². The van der Waals surface area contributed by atoms with Gasteiger partial charge in [0.05, 0.1) is 18.3 Å². The number of carbonyl (C=O) groups is 1. The van der Waals surface area contributed by atoms with Crippen LogP contribution in [-0.4, -0.2) is 18.2 Å². The van der Waals surface area contributed by atoms with Gasteiger partial charge < -0.3 is 14.6 Å². The fraction of sp³-hybridized carbons (Fsp3) is 0.167. The van der Waals surface area contributed by atoms with E-state index in [-0.39, 0.29) is 5.91 Å². The molecule has 94 valence electrons. The van der Waals surface area contributed by atoms with Gasteiger partial charge in [-0.1, -0.05) is 16.8 Å². The van der Waals surface area contributed by atoms with Gasteiger partial charge in [0.2, 0.25) is 0 Å². The summed E-state index contributed by atoms with van der Waals surface area (Å²) in [5, 5.41) is 6.72. The first kappa shape index (κ1) is 12.4. The third-order valence-electron chi connectivity index (χ3n) is 2.41. The van der Waals surface area contributed by atoms with E-state index in [1.807, 2.05) is 0 Å². The van der Waals surface area contributed by atoms with E-state index in [1.165, 1.54) is 13.3 Å². The van der Waals surface area contributed by atoms with Crippen LogP contribution in [0.5, 0.6) is 5.75 Å². The van der Waals surface area contributed by atoms with Crippen molar-refractivity contribution in [3.05, 3.63) is 40.7 Å². The zero-order chi connectivity index (χ0) is 13.1. The molecule has 1 heterocycles. The molecule has 1 N–H and O–H groups in total. The molecule has 0 saturated carbocycles. The largest absolute Gasteiger partial charge is 0.495 e. The molecule has 0 fully saturated rings. The van der Waals surface area contributed by atoms with Crippen molar-refractivity contribution >= 4 is 23.2 Å². The maximum Gasteiger partial charge on any atom is 0.255 e. The summed E-state index contributed by atoms with van der Waals surface area (Å²) in [5.74, 6) is 0.715. The first-order valence-corrected chi connectivity index (χ1v) is 5.56. The average Bonchev–Trinajstić information content (AvgIpc) is 2.75. The number of ether oxygens (including phenoxy) is 1. The minimum atomic E-state index is -0.281. The molecule has 0 atom stereocenters. The molecule has 0 bridgehead atoms. The van der Waals surface area contributed by atoms with Crippen molar-refractivity contribution in [1.82, 2.24) is 5.16 Å². The van der Waals surface area contributed by atoms with Crippen LogP contribution in [0.1, 0.15) is 16.1 Å². The van der Waals surface area contributed by atoms with Crippen molar-refractivity contribution in [3.63, 3.8) is 0 Å². The molecule has 0 radical (unpaired) electrons. The third-order valence-corrected chi connectivity index (χ3v) is 2.72. The standard InChI is InChI=1S/C12H11ClN2O3/c1-7-10(6-14-18-7)15-12(16)8-3-4-9(13)11(5-8)17-2/h3-6H,1-2H3,(H,15,16). The quantitative estimate of drug-likeness (QED) is 0.928. The number of aromatic nitrogens is 1. The summed E-state index contributed by atoms with van der Waals surface area (Å²) < 4.78 is 9.91. The highest BCUT2D eigenvalue weighted by atomic mass is 35.5. The zero-order valence-corrected chi connectivity index (χ0v) is 10.6. The van der Waals surface area contributed by atoms with E-state index in [1.54, 1.807) is 25.1 Å². The second kappa shape index (κ2) is 5.10. The lowest BCUT2D eigenvalue weighted by molar-refractivity contribution is 0.102. The Balaban J connectivity index is 2.21. The Morgan fingerprint density at radius 2 is 2.28 bits per heavy atom. The van der Waals surface area contributed by atoms with Crippen molar-refractivity contribution in [2.75, 3.05) is 12.4 Å². The number of anilines is 1. The Hall–Kier alpha value is -2.01. The van der Waals surface area contributed by atoms with Gasteiger partial charge >= 0.3 is 0 Å².